The predicted molar refractivity (Wildman–Crippen MR) is 143 cm³/mol. The molecule has 0 saturated heterocycles. The van der Waals surface area contributed by atoms with E-state index in [0.29, 0.717) is 22.8 Å². The molecular weight excluding hydrogens is 448 g/mol. The highest BCUT2D eigenvalue weighted by molar-refractivity contribution is 5.96. The van der Waals surface area contributed by atoms with Gasteiger partial charge in [0.1, 0.15) is 5.75 Å². The van der Waals surface area contributed by atoms with Crippen LogP contribution < -0.4 is 4.74 Å². The van der Waals surface area contributed by atoms with Gasteiger partial charge < -0.3 is 9.47 Å². The smallest absolute Gasteiger partial charge is 0.343 e. The Balaban J connectivity index is 1.65. The number of rotatable bonds is 5. The van der Waals surface area contributed by atoms with E-state index >= 15 is 0 Å². The zero-order chi connectivity index (χ0) is 25.9. The molecule has 3 aromatic carbocycles. The van der Waals surface area contributed by atoms with Gasteiger partial charge in [0.15, 0.2) is 0 Å². The predicted octanol–water partition coefficient (Wildman–Crippen LogP) is 7.52. The van der Waals surface area contributed by atoms with Gasteiger partial charge in [-0.05, 0) is 79.0 Å². The molecule has 36 heavy (non-hydrogen) atoms. The molecule has 0 aliphatic heterocycles. The lowest BCUT2D eigenvalue weighted by Crippen LogP contribution is -2.33. The molecule has 1 aliphatic carbocycles. The summed E-state index contributed by atoms with van der Waals surface area (Å²) in [6, 6.07) is 23.3. The molecule has 0 heterocycles. The Morgan fingerprint density at radius 2 is 1.44 bits per heavy atom. The van der Waals surface area contributed by atoms with Crippen LogP contribution in [0.25, 0.3) is 0 Å². The van der Waals surface area contributed by atoms with Crippen molar-refractivity contribution in [2.45, 2.75) is 58.8 Å². The fourth-order valence-corrected chi connectivity index (χ4v) is 5.69. The van der Waals surface area contributed by atoms with E-state index in [2.05, 4.69) is 64.1 Å². The first-order valence-corrected chi connectivity index (χ1v) is 12.7. The number of ether oxygens (including phenoxy) is 2. The summed E-state index contributed by atoms with van der Waals surface area (Å²) in [5, 5.41) is 0. The topological polar surface area (TPSA) is 52.6 Å². The van der Waals surface area contributed by atoms with Crippen molar-refractivity contribution in [3.05, 3.63) is 101 Å². The molecule has 1 aliphatic rings. The van der Waals surface area contributed by atoms with Gasteiger partial charge in [0, 0.05) is 5.41 Å². The van der Waals surface area contributed by atoms with E-state index in [-0.39, 0.29) is 10.8 Å². The third kappa shape index (κ3) is 5.53. The van der Waals surface area contributed by atoms with Gasteiger partial charge in [-0.2, -0.15) is 0 Å². The lowest BCUT2D eigenvalue weighted by atomic mass is 9.63. The maximum atomic E-state index is 12.8. The summed E-state index contributed by atoms with van der Waals surface area (Å²) in [6.07, 6.45) is 4.58. The van der Waals surface area contributed by atoms with E-state index in [4.69, 9.17) is 9.47 Å². The first-order valence-electron chi connectivity index (χ1n) is 12.7. The summed E-state index contributed by atoms with van der Waals surface area (Å²) >= 11 is 0. The Hall–Kier alpha value is -3.40. The van der Waals surface area contributed by atoms with E-state index in [1.54, 1.807) is 18.2 Å². The highest BCUT2D eigenvalue weighted by Crippen LogP contribution is 2.51. The summed E-state index contributed by atoms with van der Waals surface area (Å²) in [5.41, 5.74) is 4.58. The van der Waals surface area contributed by atoms with Gasteiger partial charge in [0.2, 0.25) is 0 Å². The van der Waals surface area contributed by atoms with Crippen molar-refractivity contribution < 1.29 is 19.1 Å². The third-order valence-electron chi connectivity index (χ3n) is 7.53. The van der Waals surface area contributed by atoms with Crippen LogP contribution in [0.15, 0.2) is 72.8 Å². The van der Waals surface area contributed by atoms with Crippen LogP contribution in [-0.4, -0.2) is 19.0 Å². The molecule has 0 amide bonds. The summed E-state index contributed by atoms with van der Waals surface area (Å²) in [6.45, 7) is 9.25. The summed E-state index contributed by atoms with van der Waals surface area (Å²) < 4.78 is 10.4. The number of hydrogen-bond donors (Lipinski definition) is 0. The first kappa shape index (κ1) is 25.7. The van der Waals surface area contributed by atoms with Crippen molar-refractivity contribution in [1.82, 2.24) is 0 Å². The molecule has 2 unspecified atom stereocenters. The third-order valence-corrected chi connectivity index (χ3v) is 7.53. The van der Waals surface area contributed by atoms with Gasteiger partial charge >= 0.3 is 11.9 Å². The van der Waals surface area contributed by atoms with Gasteiger partial charge in [-0.3, -0.25) is 0 Å². The lowest BCUT2D eigenvalue weighted by molar-refractivity contribution is 0.0600. The summed E-state index contributed by atoms with van der Waals surface area (Å²) in [4.78, 5) is 24.6. The number of hydrogen-bond acceptors (Lipinski definition) is 4. The molecule has 1 saturated carbocycles. The van der Waals surface area contributed by atoms with Crippen molar-refractivity contribution in [3.63, 3.8) is 0 Å². The molecule has 4 nitrogen and oxygen atoms in total. The Morgan fingerprint density at radius 3 is 2.06 bits per heavy atom. The number of methoxy groups -OCH3 is 1. The minimum absolute atomic E-state index is 0.107. The van der Waals surface area contributed by atoms with Crippen molar-refractivity contribution in [2.75, 3.05) is 7.11 Å². The molecule has 3 aromatic rings. The van der Waals surface area contributed by atoms with Crippen LogP contribution in [0.3, 0.4) is 0 Å². The molecule has 4 rings (SSSR count). The average molecular weight is 485 g/mol. The van der Waals surface area contributed by atoms with Gasteiger partial charge in [-0.15, -0.1) is 0 Å². The molecule has 188 valence electrons. The molecule has 4 heteroatoms. The fraction of sp³-hybridized carbons (Fsp3) is 0.375. The largest absolute Gasteiger partial charge is 0.465 e. The van der Waals surface area contributed by atoms with Gasteiger partial charge in [0.05, 0.1) is 18.2 Å². The SMILES string of the molecule is COC(=O)c1cccc(C(=O)Oc2ccc(C3(c4ccc(C)cc4)CC(C)CCC(C)(C)C3)cc2)c1. The highest BCUT2D eigenvalue weighted by atomic mass is 16.5. The van der Waals surface area contributed by atoms with Crippen LogP contribution in [0, 0.1) is 18.3 Å². The number of benzene rings is 3. The molecule has 2 atom stereocenters. The van der Waals surface area contributed by atoms with Gasteiger partial charge in [-0.25, -0.2) is 9.59 Å². The minimum Gasteiger partial charge on any atom is -0.465 e. The van der Waals surface area contributed by atoms with Crippen molar-refractivity contribution >= 4 is 11.9 Å². The van der Waals surface area contributed by atoms with Crippen LogP contribution in [0.4, 0.5) is 0 Å². The molecule has 0 radical (unpaired) electrons. The lowest BCUT2D eigenvalue weighted by Gasteiger charge is -2.40. The van der Waals surface area contributed by atoms with E-state index < -0.39 is 11.9 Å². The molecular formula is C32H36O4. The second-order valence-electron chi connectivity index (χ2n) is 11.1. The zero-order valence-corrected chi connectivity index (χ0v) is 22.0. The van der Waals surface area contributed by atoms with Gasteiger partial charge in [0.25, 0.3) is 0 Å². The van der Waals surface area contributed by atoms with E-state index in [1.165, 1.54) is 42.7 Å². The maximum Gasteiger partial charge on any atom is 0.343 e. The quantitative estimate of drug-likeness (QED) is 0.213. The van der Waals surface area contributed by atoms with E-state index in [1.807, 2.05) is 12.1 Å². The summed E-state index contributed by atoms with van der Waals surface area (Å²) in [5.74, 6) is 0.0850. The number of carbonyl (C=O) groups is 2. The maximum absolute atomic E-state index is 12.8. The number of aryl methyl sites for hydroxylation is 1. The number of esters is 2. The van der Waals surface area contributed by atoms with Crippen molar-refractivity contribution in [3.8, 4) is 5.75 Å². The minimum atomic E-state index is -0.508. The summed E-state index contributed by atoms with van der Waals surface area (Å²) in [7, 11) is 1.31. The first-order chi connectivity index (χ1) is 17.1. The van der Waals surface area contributed by atoms with E-state index in [9.17, 15) is 9.59 Å². The van der Waals surface area contributed by atoms with Crippen LogP contribution in [0.1, 0.15) is 83.9 Å². The van der Waals surface area contributed by atoms with Gasteiger partial charge in [-0.1, -0.05) is 75.2 Å². The Kier molecular flexibility index (Phi) is 7.35. The van der Waals surface area contributed by atoms with Crippen LogP contribution in [0.2, 0.25) is 0 Å². The molecule has 0 spiro atoms. The van der Waals surface area contributed by atoms with Crippen LogP contribution >= 0.6 is 0 Å². The second kappa shape index (κ2) is 10.3. The zero-order valence-electron chi connectivity index (χ0n) is 22.0. The second-order valence-corrected chi connectivity index (χ2v) is 11.1. The highest BCUT2D eigenvalue weighted by Gasteiger charge is 2.42. The normalized spacial score (nSPS) is 21.3. The Labute approximate surface area is 214 Å². The standard InChI is InChI=1S/C32H36O4/c1-22-9-11-26(12-10-22)32(20-23(2)17-18-31(3,4)21-32)27-13-15-28(16-14-27)36-30(34)25-8-6-7-24(19-25)29(33)35-5/h6-16,19,23H,17-18,20-21H2,1-5H3. The average Bonchev–Trinajstić information content (AvgIpc) is 3.00. The van der Waals surface area contributed by atoms with Crippen LogP contribution in [0.5, 0.6) is 5.75 Å². The Bertz CT molecular complexity index is 1220. The monoisotopic (exact) mass is 484 g/mol. The fourth-order valence-electron chi connectivity index (χ4n) is 5.69. The van der Waals surface area contributed by atoms with Crippen molar-refractivity contribution in [2.24, 2.45) is 11.3 Å². The molecule has 0 aromatic heterocycles. The Morgan fingerprint density at radius 1 is 0.861 bits per heavy atom. The van der Waals surface area contributed by atoms with Crippen LogP contribution in [-0.2, 0) is 10.2 Å². The molecule has 1 fully saturated rings. The van der Waals surface area contributed by atoms with E-state index in [0.717, 1.165) is 12.8 Å². The molecule has 0 N–H and O–H groups in total. The molecule has 0 bridgehead atoms. The van der Waals surface area contributed by atoms with Crippen molar-refractivity contribution in [1.29, 1.82) is 0 Å². The number of carbonyl (C=O) groups excluding carboxylic acids is 2.